The first-order chi connectivity index (χ1) is 8.23. The summed E-state index contributed by atoms with van der Waals surface area (Å²) in [6.45, 7) is 5.45. The van der Waals surface area contributed by atoms with Crippen LogP contribution in [0.1, 0.15) is 25.2 Å². The number of nitrogens with one attached hydrogen (secondary N) is 2. The Kier molecular flexibility index (Phi) is 4.49. The lowest BCUT2D eigenvalue weighted by atomic mass is 10.1. The fourth-order valence-corrected chi connectivity index (χ4v) is 3.55. The van der Waals surface area contributed by atoms with Gasteiger partial charge in [-0.3, -0.25) is 5.10 Å². The van der Waals surface area contributed by atoms with Crippen LogP contribution in [0.5, 0.6) is 0 Å². The van der Waals surface area contributed by atoms with Crippen LogP contribution < -0.4 is 10.5 Å². The Morgan fingerprint density at radius 2 is 2.11 bits per heavy atom. The van der Waals surface area contributed by atoms with Crippen LogP contribution in [0.2, 0.25) is 0 Å². The number of hydrogen-bond acceptors (Lipinski definition) is 5. The lowest BCUT2D eigenvalue weighted by Gasteiger charge is -2.25. The smallest absolute Gasteiger partial charge is 0.244 e. The molecule has 0 fully saturated rings. The molecule has 1 heterocycles. The predicted molar refractivity (Wildman–Crippen MR) is 67.5 cm³/mol. The number of sulfonamides is 1. The first kappa shape index (κ1) is 15.1. The Labute approximate surface area is 107 Å². The lowest BCUT2D eigenvalue weighted by molar-refractivity contribution is 0.141. The second kappa shape index (κ2) is 5.35. The zero-order valence-corrected chi connectivity index (χ0v) is 11.9. The van der Waals surface area contributed by atoms with Gasteiger partial charge in [0, 0.05) is 13.7 Å². The Bertz CT molecular complexity index is 507. The first-order valence-corrected chi connectivity index (χ1v) is 6.98. The first-order valence-electron chi connectivity index (χ1n) is 5.50. The molecule has 1 aromatic rings. The highest BCUT2D eigenvalue weighted by atomic mass is 32.2. The van der Waals surface area contributed by atoms with Crippen molar-refractivity contribution < 1.29 is 13.2 Å². The highest BCUT2D eigenvalue weighted by Gasteiger charge is 2.30. The molecule has 0 radical (unpaired) electrons. The zero-order chi connectivity index (χ0) is 14.0. The second-order valence-electron chi connectivity index (χ2n) is 4.75. The van der Waals surface area contributed by atoms with Crippen LogP contribution in [0.25, 0.3) is 0 Å². The molecular weight excluding hydrogens is 256 g/mol. The molecule has 0 aliphatic rings. The third-order valence-corrected chi connectivity index (χ3v) is 4.24. The van der Waals surface area contributed by atoms with Gasteiger partial charge in [-0.15, -0.1) is 0 Å². The monoisotopic (exact) mass is 276 g/mol. The van der Waals surface area contributed by atoms with Gasteiger partial charge in [0.15, 0.2) is 0 Å². The average Bonchev–Trinajstić information content (AvgIpc) is 2.58. The molecule has 0 bridgehead atoms. The van der Waals surface area contributed by atoms with Crippen molar-refractivity contribution in [3.63, 3.8) is 0 Å². The molecule has 0 aliphatic heterocycles. The molecule has 18 heavy (non-hydrogen) atoms. The minimum absolute atomic E-state index is 0.0608. The number of aromatic nitrogens is 2. The molecule has 7 nitrogen and oxygen atoms in total. The van der Waals surface area contributed by atoms with E-state index in [1.165, 1.54) is 7.11 Å². The van der Waals surface area contributed by atoms with E-state index in [4.69, 9.17) is 10.5 Å². The van der Waals surface area contributed by atoms with E-state index in [1.54, 1.807) is 20.8 Å². The van der Waals surface area contributed by atoms with Crippen molar-refractivity contribution in [3.8, 4) is 0 Å². The van der Waals surface area contributed by atoms with Crippen molar-refractivity contribution in [1.29, 1.82) is 0 Å². The molecule has 0 unspecified atom stereocenters. The number of nitrogens with two attached hydrogens (primary N) is 1. The molecule has 8 heteroatoms. The fraction of sp³-hybridized carbons (Fsp3) is 0.700. The van der Waals surface area contributed by atoms with Crippen molar-refractivity contribution in [2.75, 3.05) is 13.7 Å². The Morgan fingerprint density at radius 3 is 2.61 bits per heavy atom. The van der Waals surface area contributed by atoms with Gasteiger partial charge in [-0.1, -0.05) is 0 Å². The molecule has 0 saturated heterocycles. The molecule has 4 N–H and O–H groups in total. The minimum Gasteiger partial charge on any atom is -0.383 e. The van der Waals surface area contributed by atoms with Gasteiger partial charge in [0.25, 0.3) is 0 Å². The largest absolute Gasteiger partial charge is 0.383 e. The van der Waals surface area contributed by atoms with Crippen LogP contribution in [0, 0.1) is 6.92 Å². The van der Waals surface area contributed by atoms with Crippen LogP contribution in [0.4, 0.5) is 0 Å². The summed E-state index contributed by atoms with van der Waals surface area (Å²) >= 11 is 0. The number of methoxy groups -OCH3 is 1. The van der Waals surface area contributed by atoms with E-state index in [9.17, 15) is 8.42 Å². The van der Waals surface area contributed by atoms with Gasteiger partial charge >= 0.3 is 0 Å². The summed E-state index contributed by atoms with van der Waals surface area (Å²) in [5.41, 5.74) is 5.57. The molecule has 0 amide bonds. The molecular formula is C10H20N4O3S. The molecule has 1 rings (SSSR count). The van der Waals surface area contributed by atoms with E-state index in [1.807, 2.05) is 0 Å². The molecule has 0 saturated carbocycles. The fourth-order valence-electron chi connectivity index (χ4n) is 1.77. The van der Waals surface area contributed by atoms with E-state index < -0.39 is 15.6 Å². The number of aryl methyl sites for hydroxylation is 1. The molecule has 0 aliphatic carbocycles. The van der Waals surface area contributed by atoms with E-state index >= 15 is 0 Å². The summed E-state index contributed by atoms with van der Waals surface area (Å²) in [6.07, 6.45) is 0. The Morgan fingerprint density at radius 1 is 1.50 bits per heavy atom. The maximum atomic E-state index is 12.3. The van der Waals surface area contributed by atoms with E-state index in [-0.39, 0.29) is 18.0 Å². The van der Waals surface area contributed by atoms with Gasteiger partial charge in [0.05, 0.1) is 23.5 Å². The topological polar surface area (TPSA) is 110 Å². The third-order valence-electron chi connectivity index (χ3n) is 2.34. The molecule has 1 aromatic heterocycles. The summed E-state index contributed by atoms with van der Waals surface area (Å²) in [7, 11) is -2.16. The van der Waals surface area contributed by atoms with E-state index in [0.29, 0.717) is 11.4 Å². The predicted octanol–water partition coefficient (Wildman–Crippen LogP) is -0.120. The van der Waals surface area contributed by atoms with Crippen LogP contribution in [0.15, 0.2) is 4.90 Å². The van der Waals surface area contributed by atoms with Gasteiger partial charge in [-0.25, -0.2) is 13.1 Å². The maximum absolute atomic E-state index is 12.3. The second-order valence-corrected chi connectivity index (χ2v) is 6.37. The van der Waals surface area contributed by atoms with Crippen molar-refractivity contribution >= 4 is 10.0 Å². The van der Waals surface area contributed by atoms with E-state index in [0.717, 1.165) is 0 Å². The summed E-state index contributed by atoms with van der Waals surface area (Å²) in [4.78, 5) is 0.120. The summed E-state index contributed by atoms with van der Waals surface area (Å²) < 4.78 is 32.2. The number of nitrogens with zero attached hydrogens (tertiary/aromatic N) is 1. The van der Waals surface area contributed by atoms with Crippen molar-refractivity contribution in [2.45, 2.75) is 37.8 Å². The number of H-pyrrole nitrogens is 1. The van der Waals surface area contributed by atoms with Crippen LogP contribution >= 0.6 is 0 Å². The number of ether oxygens (including phenoxy) is 1. The SMILES string of the molecule is COCC(C)(C)NS(=O)(=O)c1c(CN)n[nH]c1C. The van der Waals surface area contributed by atoms with Gasteiger partial charge in [-0.05, 0) is 20.8 Å². The lowest BCUT2D eigenvalue weighted by Crippen LogP contribution is -2.46. The molecule has 0 atom stereocenters. The highest BCUT2D eigenvalue weighted by molar-refractivity contribution is 7.89. The summed E-state index contributed by atoms with van der Waals surface area (Å²) in [5.74, 6) is 0. The highest BCUT2D eigenvalue weighted by Crippen LogP contribution is 2.19. The average molecular weight is 276 g/mol. The molecule has 104 valence electrons. The van der Waals surface area contributed by atoms with Gasteiger partial charge < -0.3 is 10.5 Å². The van der Waals surface area contributed by atoms with Crippen LogP contribution in [-0.4, -0.2) is 37.9 Å². The standard InChI is InChI=1S/C10H20N4O3S/c1-7-9(8(5-11)13-12-7)18(15,16)14-10(2,3)6-17-4/h14H,5-6,11H2,1-4H3,(H,12,13). The number of hydrogen-bond donors (Lipinski definition) is 3. The number of rotatable bonds is 6. The molecule has 0 spiro atoms. The van der Waals surface area contributed by atoms with Gasteiger partial charge in [0.2, 0.25) is 10.0 Å². The van der Waals surface area contributed by atoms with Gasteiger partial charge in [0.1, 0.15) is 4.90 Å². The van der Waals surface area contributed by atoms with E-state index in [2.05, 4.69) is 14.9 Å². The third kappa shape index (κ3) is 3.29. The zero-order valence-electron chi connectivity index (χ0n) is 11.1. The number of aromatic amines is 1. The Balaban J connectivity index is 3.11. The normalized spacial score (nSPS) is 12.9. The quantitative estimate of drug-likeness (QED) is 0.671. The summed E-state index contributed by atoms with van der Waals surface area (Å²) in [5, 5.41) is 6.51. The van der Waals surface area contributed by atoms with Crippen molar-refractivity contribution in [2.24, 2.45) is 5.73 Å². The van der Waals surface area contributed by atoms with Crippen LogP contribution in [0.3, 0.4) is 0 Å². The van der Waals surface area contributed by atoms with Crippen molar-refractivity contribution in [3.05, 3.63) is 11.4 Å². The van der Waals surface area contributed by atoms with Crippen molar-refractivity contribution in [1.82, 2.24) is 14.9 Å². The minimum atomic E-state index is -3.67. The molecule has 0 aromatic carbocycles. The van der Waals surface area contributed by atoms with Gasteiger partial charge in [-0.2, -0.15) is 5.10 Å². The Hall–Kier alpha value is -0.960. The van der Waals surface area contributed by atoms with Crippen LogP contribution in [-0.2, 0) is 21.3 Å². The summed E-state index contributed by atoms with van der Waals surface area (Å²) in [6, 6.07) is 0. The maximum Gasteiger partial charge on any atom is 0.244 e.